The van der Waals surface area contributed by atoms with E-state index in [0.717, 1.165) is 23.1 Å². The first-order valence-corrected chi connectivity index (χ1v) is 6.66. The van der Waals surface area contributed by atoms with E-state index < -0.39 is 0 Å². The molecule has 94 valence electrons. The summed E-state index contributed by atoms with van der Waals surface area (Å²) in [6, 6.07) is 8.12. The Morgan fingerprint density at radius 3 is 2.72 bits per heavy atom. The molecule has 0 radical (unpaired) electrons. The van der Waals surface area contributed by atoms with E-state index in [4.69, 9.17) is 0 Å². The van der Waals surface area contributed by atoms with Crippen LogP contribution in [0.1, 0.15) is 38.3 Å². The van der Waals surface area contributed by atoms with Gasteiger partial charge >= 0.3 is 5.69 Å². The molecule has 0 saturated heterocycles. The van der Waals surface area contributed by atoms with Gasteiger partial charge in [0.05, 0.1) is 11.2 Å². The molecule has 3 nitrogen and oxygen atoms in total. The Morgan fingerprint density at radius 2 is 2.06 bits per heavy atom. The van der Waals surface area contributed by atoms with Crippen molar-refractivity contribution in [3.05, 3.63) is 40.4 Å². The van der Waals surface area contributed by atoms with Crippen LogP contribution in [0.25, 0.3) is 10.9 Å². The maximum absolute atomic E-state index is 12.2. The van der Waals surface area contributed by atoms with Gasteiger partial charge in [0.25, 0.3) is 0 Å². The fraction of sp³-hybridized carbons (Fsp3) is 0.467. The highest BCUT2D eigenvalue weighted by molar-refractivity contribution is 5.81. The minimum atomic E-state index is -0.0932. The Balaban J connectivity index is 2.26. The smallest absolute Gasteiger partial charge is 0.292 e. The van der Waals surface area contributed by atoms with Crippen LogP contribution in [-0.4, -0.2) is 9.55 Å². The molecule has 1 aliphatic carbocycles. The van der Waals surface area contributed by atoms with Gasteiger partial charge in [-0.1, -0.05) is 32.0 Å². The lowest BCUT2D eigenvalue weighted by Crippen LogP contribution is -2.26. The third-order valence-electron chi connectivity index (χ3n) is 3.60. The highest BCUT2D eigenvalue weighted by atomic mass is 16.1. The molecule has 3 rings (SSSR count). The first-order valence-electron chi connectivity index (χ1n) is 6.66. The van der Waals surface area contributed by atoms with Gasteiger partial charge in [0.15, 0.2) is 0 Å². The predicted molar refractivity (Wildman–Crippen MR) is 72.8 cm³/mol. The normalized spacial score (nSPS) is 15.5. The molecular formula is C15H18N2O. The van der Waals surface area contributed by atoms with Gasteiger partial charge < -0.3 is 0 Å². The molecule has 0 atom stereocenters. The van der Waals surface area contributed by atoms with Crippen LogP contribution in [0.5, 0.6) is 0 Å². The van der Waals surface area contributed by atoms with Crippen molar-refractivity contribution in [2.75, 3.05) is 0 Å². The summed E-state index contributed by atoms with van der Waals surface area (Å²) in [5, 5.41) is 1.12. The number of hydrogen-bond acceptors (Lipinski definition) is 2. The topological polar surface area (TPSA) is 34.9 Å². The number of rotatable bonds is 3. The zero-order valence-corrected chi connectivity index (χ0v) is 10.9. The number of fused-ring (bicyclic) bond motifs is 1. The number of para-hydroxylation sites is 1. The summed E-state index contributed by atoms with van der Waals surface area (Å²) >= 11 is 0. The molecular weight excluding hydrogens is 224 g/mol. The number of benzene rings is 1. The molecule has 0 bridgehead atoms. The molecule has 0 unspecified atom stereocenters. The van der Waals surface area contributed by atoms with Crippen LogP contribution in [0.2, 0.25) is 0 Å². The average molecular weight is 242 g/mol. The van der Waals surface area contributed by atoms with Gasteiger partial charge in [-0.15, -0.1) is 0 Å². The zero-order chi connectivity index (χ0) is 12.7. The van der Waals surface area contributed by atoms with Crippen molar-refractivity contribution in [2.24, 2.45) is 5.92 Å². The molecule has 3 heteroatoms. The Morgan fingerprint density at radius 1 is 1.33 bits per heavy atom. The van der Waals surface area contributed by atoms with Crippen LogP contribution >= 0.6 is 0 Å². The van der Waals surface area contributed by atoms with Crippen LogP contribution in [0.15, 0.2) is 29.1 Å². The molecule has 1 fully saturated rings. The van der Waals surface area contributed by atoms with E-state index in [-0.39, 0.29) is 11.6 Å². The second-order valence-corrected chi connectivity index (χ2v) is 5.51. The van der Waals surface area contributed by atoms with E-state index in [0.29, 0.717) is 5.92 Å². The Labute approximate surface area is 106 Å². The molecule has 1 saturated carbocycles. The molecule has 1 heterocycles. The van der Waals surface area contributed by atoms with E-state index >= 15 is 0 Å². The number of nitrogens with zero attached hydrogens (tertiary/aromatic N) is 2. The molecule has 1 aromatic heterocycles. The quantitative estimate of drug-likeness (QED) is 0.829. The van der Waals surface area contributed by atoms with Gasteiger partial charge in [0.2, 0.25) is 0 Å². The largest absolute Gasteiger partial charge is 0.348 e. The van der Waals surface area contributed by atoms with E-state index in [2.05, 4.69) is 24.9 Å². The molecule has 18 heavy (non-hydrogen) atoms. The van der Waals surface area contributed by atoms with Gasteiger partial charge in [-0.2, -0.15) is 4.98 Å². The average Bonchev–Trinajstić information content (AvgIpc) is 3.16. The second kappa shape index (κ2) is 4.23. The van der Waals surface area contributed by atoms with Crippen molar-refractivity contribution in [2.45, 2.75) is 39.2 Å². The highest BCUT2D eigenvalue weighted by Crippen LogP contribution is 2.31. The lowest BCUT2D eigenvalue weighted by Gasteiger charge is -2.13. The maximum atomic E-state index is 12.2. The summed E-state index contributed by atoms with van der Waals surface area (Å²) in [6.45, 7) is 4.99. The molecule has 0 N–H and O–H groups in total. The van der Waals surface area contributed by atoms with Gasteiger partial charge in [0, 0.05) is 11.9 Å². The molecule has 0 amide bonds. The molecule has 0 aliphatic heterocycles. The highest BCUT2D eigenvalue weighted by Gasteiger charge is 2.23. The summed E-state index contributed by atoms with van der Waals surface area (Å²) in [5.74, 6) is 0.955. The summed E-state index contributed by atoms with van der Waals surface area (Å²) < 4.78 is 1.85. The minimum Gasteiger partial charge on any atom is -0.292 e. The van der Waals surface area contributed by atoms with Crippen LogP contribution in [0.3, 0.4) is 0 Å². The molecule has 1 aliphatic rings. The van der Waals surface area contributed by atoms with Gasteiger partial charge in [-0.3, -0.25) is 4.57 Å². The second-order valence-electron chi connectivity index (χ2n) is 5.51. The summed E-state index contributed by atoms with van der Waals surface area (Å²) in [5.41, 5.74) is 1.86. The molecule has 1 aromatic carbocycles. The summed E-state index contributed by atoms with van der Waals surface area (Å²) in [4.78, 5) is 16.5. The first-order chi connectivity index (χ1) is 8.66. The zero-order valence-electron chi connectivity index (χ0n) is 10.9. The van der Waals surface area contributed by atoms with Gasteiger partial charge in [-0.05, 0) is 30.7 Å². The standard InChI is InChI=1S/C15H18N2O/c1-10(2)14-12-5-3-4-6-13(12)17(15(18)16-14)9-11-7-8-11/h3-6,10-11H,7-9H2,1-2H3. The van der Waals surface area contributed by atoms with Crippen molar-refractivity contribution < 1.29 is 0 Å². The number of hydrogen-bond donors (Lipinski definition) is 0. The predicted octanol–water partition coefficient (Wildman–Crippen LogP) is 2.93. The summed E-state index contributed by atoms with van der Waals surface area (Å²) in [7, 11) is 0. The van der Waals surface area contributed by atoms with Crippen molar-refractivity contribution in [1.29, 1.82) is 0 Å². The van der Waals surface area contributed by atoms with Crippen molar-refractivity contribution in [1.82, 2.24) is 9.55 Å². The first kappa shape index (κ1) is 11.5. The van der Waals surface area contributed by atoms with Crippen molar-refractivity contribution in [3.8, 4) is 0 Å². The van der Waals surface area contributed by atoms with Crippen LogP contribution < -0.4 is 5.69 Å². The van der Waals surface area contributed by atoms with Gasteiger partial charge in [0.1, 0.15) is 0 Å². The fourth-order valence-electron chi connectivity index (χ4n) is 2.43. The van der Waals surface area contributed by atoms with E-state index in [9.17, 15) is 4.79 Å². The third kappa shape index (κ3) is 1.94. The fourth-order valence-corrected chi connectivity index (χ4v) is 2.43. The Hall–Kier alpha value is -1.64. The molecule has 2 aromatic rings. The van der Waals surface area contributed by atoms with Crippen LogP contribution in [0, 0.1) is 5.92 Å². The number of aromatic nitrogens is 2. The Bertz CT molecular complexity index is 638. The SMILES string of the molecule is CC(C)c1nc(=O)n(CC2CC2)c2ccccc12. The maximum Gasteiger partial charge on any atom is 0.348 e. The third-order valence-corrected chi connectivity index (χ3v) is 3.60. The van der Waals surface area contributed by atoms with Crippen LogP contribution in [0.4, 0.5) is 0 Å². The van der Waals surface area contributed by atoms with Crippen molar-refractivity contribution >= 4 is 10.9 Å². The molecule has 0 spiro atoms. The Kier molecular flexibility index (Phi) is 2.69. The van der Waals surface area contributed by atoms with E-state index in [1.807, 2.05) is 22.8 Å². The minimum absolute atomic E-state index is 0.0932. The van der Waals surface area contributed by atoms with Gasteiger partial charge in [-0.25, -0.2) is 4.79 Å². The lowest BCUT2D eigenvalue weighted by molar-refractivity contribution is 0.607. The van der Waals surface area contributed by atoms with E-state index in [1.54, 1.807) is 0 Å². The van der Waals surface area contributed by atoms with E-state index in [1.165, 1.54) is 12.8 Å². The van der Waals surface area contributed by atoms with Crippen LogP contribution in [-0.2, 0) is 6.54 Å². The lowest BCUT2D eigenvalue weighted by atomic mass is 10.0. The van der Waals surface area contributed by atoms with Crippen molar-refractivity contribution in [3.63, 3.8) is 0 Å². The summed E-state index contributed by atoms with van der Waals surface area (Å²) in [6.07, 6.45) is 2.49. The monoisotopic (exact) mass is 242 g/mol.